The van der Waals surface area contributed by atoms with Crippen LogP contribution < -0.4 is 5.32 Å². The Balaban J connectivity index is 1.65. The highest BCUT2D eigenvalue weighted by molar-refractivity contribution is 8.13. The van der Waals surface area contributed by atoms with Crippen LogP contribution >= 0.6 is 23.5 Å². The first kappa shape index (κ1) is 21.0. The molecule has 2 amide bonds. The highest BCUT2D eigenvalue weighted by Gasteiger charge is 2.17. The number of thioether (sulfide) groups is 2. The molecule has 0 aliphatic carbocycles. The fraction of sp³-hybridized carbons (Fsp3) is 0.263. The molecule has 1 aromatic carbocycles. The number of nitrogens with zero attached hydrogens (tertiary/aromatic N) is 4. The van der Waals surface area contributed by atoms with Crippen molar-refractivity contribution in [2.75, 3.05) is 25.2 Å². The molecule has 3 aromatic rings. The Morgan fingerprint density at radius 3 is 2.66 bits per heavy atom. The molecule has 0 spiro atoms. The van der Waals surface area contributed by atoms with Crippen LogP contribution in [-0.2, 0) is 11.3 Å². The number of hydrogen-bond donors (Lipinski definition) is 1. The first-order valence-electron chi connectivity index (χ1n) is 8.87. The summed E-state index contributed by atoms with van der Waals surface area (Å²) in [6.45, 7) is 2.63. The summed E-state index contributed by atoms with van der Waals surface area (Å²) < 4.78 is 7.30. The summed E-state index contributed by atoms with van der Waals surface area (Å²) in [6.07, 6.45) is 1.58. The van der Waals surface area contributed by atoms with E-state index in [1.165, 1.54) is 16.7 Å². The standard InChI is InChI=1S/C19H21N5O3S2/c1-4-24-17(14-9-7-11-27-14)21-22-18(24)28-12-16(25)20-13-8-5-6-10-15(13)29-19(26)23(2)3/h5-11H,4,12H2,1-3H3,(H,20,25). The van der Waals surface area contributed by atoms with Crippen molar-refractivity contribution < 1.29 is 14.0 Å². The maximum Gasteiger partial charge on any atom is 0.286 e. The van der Waals surface area contributed by atoms with E-state index in [-0.39, 0.29) is 16.9 Å². The van der Waals surface area contributed by atoms with Gasteiger partial charge < -0.3 is 14.6 Å². The van der Waals surface area contributed by atoms with Crippen molar-refractivity contribution in [1.29, 1.82) is 0 Å². The van der Waals surface area contributed by atoms with Crippen molar-refractivity contribution in [1.82, 2.24) is 19.7 Å². The van der Waals surface area contributed by atoms with E-state index >= 15 is 0 Å². The minimum absolute atomic E-state index is 0.109. The number of benzene rings is 1. The minimum Gasteiger partial charge on any atom is -0.461 e. The van der Waals surface area contributed by atoms with Crippen molar-refractivity contribution in [3.8, 4) is 11.6 Å². The second kappa shape index (κ2) is 9.66. The van der Waals surface area contributed by atoms with Gasteiger partial charge in [-0.05, 0) is 43.0 Å². The monoisotopic (exact) mass is 431 g/mol. The zero-order valence-corrected chi connectivity index (χ0v) is 17.9. The van der Waals surface area contributed by atoms with Crippen LogP contribution in [0, 0.1) is 0 Å². The van der Waals surface area contributed by atoms with Gasteiger partial charge in [0.25, 0.3) is 5.24 Å². The largest absolute Gasteiger partial charge is 0.461 e. The zero-order chi connectivity index (χ0) is 20.8. The van der Waals surface area contributed by atoms with Gasteiger partial charge >= 0.3 is 0 Å². The van der Waals surface area contributed by atoms with Crippen LogP contribution in [-0.4, -0.2) is 50.7 Å². The zero-order valence-electron chi connectivity index (χ0n) is 16.3. The fourth-order valence-corrected chi connectivity index (χ4v) is 3.98. The molecule has 29 heavy (non-hydrogen) atoms. The molecule has 2 aromatic heterocycles. The van der Waals surface area contributed by atoms with Gasteiger partial charge in [0.05, 0.1) is 17.7 Å². The predicted octanol–water partition coefficient (Wildman–Crippen LogP) is 4.06. The van der Waals surface area contributed by atoms with Crippen LogP contribution in [0.3, 0.4) is 0 Å². The lowest BCUT2D eigenvalue weighted by Crippen LogP contribution is -2.18. The maximum absolute atomic E-state index is 12.5. The molecule has 0 saturated carbocycles. The summed E-state index contributed by atoms with van der Waals surface area (Å²) in [5.41, 5.74) is 0.603. The summed E-state index contributed by atoms with van der Waals surface area (Å²) in [5, 5.41) is 11.8. The lowest BCUT2D eigenvalue weighted by molar-refractivity contribution is -0.113. The predicted molar refractivity (Wildman–Crippen MR) is 114 cm³/mol. The Bertz CT molecular complexity index is 986. The van der Waals surface area contributed by atoms with E-state index in [1.807, 2.05) is 29.7 Å². The van der Waals surface area contributed by atoms with Crippen LogP contribution in [0.25, 0.3) is 11.6 Å². The van der Waals surface area contributed by atoms with Crippen LogP contribution in [0.15, 0.2) is 57.1 Å². The second-order valence-electron chi connectivity index (χ2n) is 6.12. The van der Waals surface area contributed by atoms with Gasteiger partial charge in [-0.15, -0.1) is 10.2 Å². The van der Waals surface area contributed by atoms with E-state index < -0.39 is 0 Å². The Morgan fingerprint density at radius 1 is 1.17 bits per heavy atom. The lowest BCUT2D eigenvalue weighted by atomic mass is 10.3. The molecule has 0 aliphatic heterocycles. The minimum atomic E-state index is -0.189. The number of nitrogens with one attached hydrogen (secondary N) is 1. The summed E-state index contributed by atoms with van der Waals surface area (Å²) >= 11 is 2.37. The molecule has 2 heterocycles. The SMILES string of the molecule is CCn1c(SCC(=O)Nc2ccccc2SC(=O)N(C)C)nnc1-c1ccco1. The summed E-state index contributed by atoms with van der Waals surface area (Å²) in [4.78, 5) is 26.6. The molecule has 152 valence electrons. The van der Waals surface area contributed by atoms with E-state index in [9.17, 15) is 9.59 Å². The third-order valence-electron chi connectivity index (χ3n) is 3.83. The van der Waals surface area contributed by atoms with Crippen molar-refractivity contribution in [3.05, 3.63) is 42.7 Å². The number of aromatic nitrogens is 3. The molecule has 0 unspecified atom stereocenters. The number of hydrogen-bond acceptors (Lipinski definition) is 7. The Labute approximate surface area is 177 Å². The molecule has 1 N–H and O–H groups in total. The first-order chi connectivity index (χ1) is 14.0. The summed E-state index contributed by atoms with van der Waals surface area (Å²) in [5.74, 6) is 1.23. The van der Waals surface area contributed by atoms with E-state index in [0.717, 1.165) is 11.8 Å². The van der Waals surface area contributed by atoms with Gasteiger partial charge in [-0.3, -0.25) is 14.2 Å². The number of rotatable bonds is 7. The second-order valence-corrected chi connectivity index (χ2v) is 8.06. The van der Waals surface area contributed by atoms with E-state index in [1.54, 1.807) is 38.6 Å². The Hall–Kier alpha value is -2.72. The summed E-state index contributed by atoms with van der Waals surface area (Å²) in [7, 11) is 3.38. The molecule has 0 saturated heterocycles. The van der Waals surface area contributed by atoms with Crippen LogP contribution in [0.1, 0.15) is 6.92 Å². The quantitative estimate of drug-likeness (QED) is 0.564. The number of carbonyl (C=O) groups excluding carboxylic acids is 2. The van der Waals surface area contributed by atoms with Crippen molar-refractivity contribution in [2.45, 2.75) is 23.5 Å². The van der Waals surface area contributed by atoms with Gasteiger partial charge in [0.2, 0.25) is 5.91 Å². The highest BCUT2D eigenvalue weighted by Crippen LogP contribution is 2.29. The maximum atomic E-state index is 12.5. The molecule has 0 fully saturated rings. The van der Waals surface area contributed by atoms with Crippen LogP contribution in [0.2, 0.25) is 0 Å². The van der Waals surface area contributed by atoms with Crippen LogP contribution in [0.4, 0.5) is 10.5 Å². The normalized spacial score (nSPS) is 10.7. The molecular formula is C19H21N5O3S2. The van der Waals surface area contributed by atoms with Gasteiger partial charge in [0.15, 0.2) is 16.7 Å². The van der Waals surface area contributed by atoms with Gasteiger partial charge in [0, 0.05) is 25.5 Å². The number of furan rings is 1. The van der Waals surface area contributed by atoms with Gasteiger partial charge in [-0.25, -0.2) is 0 Å². The van der Waals surface area contributed by atoms with Gasteiger partial charge in [0.1, 0.15) is 0 Å². The smallest absolute Gasteiger partial charge is 0.286 e. The fourth-order valence-electron chi connectivity index (χ4n) is 2.43. The molecule has 0 bridgehead atoms. The molecule has 0 atom stereocenters. The third-order valence-corrected chi connectivity index (χ3v) is 5.91. The molecule has 8 nitrogen and oxygen atoms in total. The molecule has 3 rings (SSSR count). The Kier molecular flexibility index (Phi) is 6.99. The van der Waals surface area contributed by atoms with E-state index in [4.69, 9.17) is 4.42 Å². The molecule has 0 radical (unpaired) electrons. The van der Waals surface area contributed by atoms with Gasteiger partial charge in [-0.2, -0.15) is 0 Å². The van der Waals surface area contributed by atoms with Gasteiger partial charge in [-0.1, -0.05) is 23.9 Å². The summed E-state index contributed by atoms with van der Waals surface area (Å²) in [6, 6.07) is 10.8. The number of carbonyl (C=O) groups is 2. The van der Waals surface area contributed by atoms with E-state index in [2.05, 4.69) is 15.5 Å². The molecular weight excluding hydrogens is 410 g/mol. The average Bonchev–Trinajstić information content (AvgIpc) is 3.36. The van der Waals surface area contributed by atoms with Crippen molar-refractivity contribution in [2.24, 2.45) is 0 Å². The van der Waals surface area contributed by atoms with Crippen molar-refractivity contribution >= 4 is 40.4 Å². The van der Waals surface area contributed by atoms with E-state index in [0.29, 0.717) is 33.9 Å². The third kappa shape index (κ3) is 5.21. The Morgan fingerprint density at radius 2 is 1.97 bits per heavy atom. The first-order valence-corrected chi connectivity index (χ1v) is 10.7. The molecule has 10 heteroatoms. The number of amides is 2. The highest BCUT2D eigenvalue weighted by atomic mass is 32.2. The van der Waals surface area contributed by atoms with Crippen molar-refractivity contribution in [3.63, 3.8) is 0 Å². The molecule has 0 aliphatic rings. The van der Waals surface area contributed by atoms with Crippen LogP contribution in [0.5, 0.6) is 0 Å². The number of anilines is 1. The average molecular weight is 432 g/mol. The number of para-hydroxylation sites is 1. The lowest BCUT2D eigenvalue weighted by Gasteiger charge is -2.13. The topological polar surface area (TPSA) is 93.3 Å².